The van der Waals surface area contributed by atoms with Crippen molar-refractivity contribution >= 4 is 46.7 Å². The molecule has 2 amide bonds. The lowest BCUT2D eigenvalue weighted by molar-refractivity contribution is -0.114. The van der Waals surface area contributed by atoms with Gasteiger partial charge in [-0.3, -0.25) is 19.0 Å². The first kappa shape index (κ1) is 18.5. The molecule has 1 aromatic carbocycles. The molecule has 1 aliphatic rings. The Balaban J connectivity index is 1.64. The SMILES string of the molecule is CC(=O)Nc1cccc(NC(=O)CSc2nc3c(c(=O)n2C)SCC3)c1. The van der Waals surface area contributed by atoms with Crippen LogP contribution in [0.4, 0.5) is 11.4 Å². The van der Waals surface area contributed by atoms with Gasteiger partial charge in [-0.1, -0.05) is 17.8 Å². The van der Waals surface area contributed by atoms with Gasteiger partial charge in [-0.05, 0) is 18.2 Å². The second-order valence-corrected chi connectivity index (χ2v) is 7.78. The van der Waals surface area contributed by atoms with E-state index in [0.29, 0.717) is 16.5 Å². The number of anilines is 2. The summed E-state index contributed by atoms with van der Waals surface area (Å²) in [6.45, 7) is 1.42. The van der Waals surface area contributed by atoms with Crippen LogP contribution >= 0.6 is 23.5 Å². The Labute approximate surface area is 159 Å². The van der Waals surface area contributed by atoms with Crippen LogP contribution < -0.4 is 16.2 Å². The van der Waals surface area contributed by atoms with Crippen LogP contribution in [0, 0.1) is 0 Å². The molecule has 0 radical (unpaired) electrons. The smallest absolute Gasteiger partial charge is 0.267 e. The fourth-order valence-corrected chi connectivity index (χ4v) is 4.36. The number of carbonyl (C=O) groups excluding carboxylic acids is 2. The van der Waals surface area contributed by atoms with Gasteiger partial charge >= 0.3 is 0 Å². The Kier molecular flexibility index (Phi) is 5.67. The van der Waals surface area contributed by atoms with E-state index in [4.69, 9.17) is 0 Å². The number of aryl methyl sites for hydroxylation is 1. The molecule has 2 aromatic rings. The topological polar surface area (TPSA) is 93.1 Å². The summed E-state index contributed by atoms with van der Waals surface area (Å²) in [6, 6.07) is 6.92. The standard InChI is InChI=1S/C17H18N4O3S2/c1-10(22)18-11-4-3-5-12(8-11)19-14(23)9-26-17-20-13-6-7-25-15(13)16(24)21(17)2/h3-5,8H,6-7,9H2,1-2H3,(H,18,22)(H,19,23). The minimum Gasteiger partial charge on any atom is -0.326 e. The van der Waals surface area contributed by atoms with Crippen LogP contribution in [0.25, 0.3) is 0 Å². The van der Waals surface area contributed by atoms with Crippen LogP contribution in [0.1, 0.15) is 12.6 Å². The fourth-order valence-electron chi connectivity index (χ4n) is 2.50. The maximum absolute atomic E-state index is 12.3. The summed E-state index contributed by atoms with van der Waals surface area (Å²) in [5, 5.41) is 5.99. The average molecular weight is 390 g/mol. The number of amides is 2. The zero-order valence-corrected chi connectivity index (χ0v) is 16.0. The monoisotopic (exact) mass is 390 g/mol. The summed E-state index contributed by atoms with van der Waals surface area (Å²) in [7, 11) is 1.67. The zero-order chi connectivity index (χ0) is 18.7. The van der Waals surface area contributed by atoms with Crippen molar-refractivity contribution in [3.8, 4) is 0 Å². The average Bonchev–Trinajstić information content (AvgIpc) is 3.05. The third-order valence-electron chi connectivity index (χ3n) is 3.66. The molecule has 3 rings (SSSR count). The quantitative estimate of drug-likeness (QED) is 0.600. The molecule has 136 valence electrons. The molecule has 0 spiro atoms. The molecule has 1 aromatic heterocycles. The predicted octanol–water partition coefficient (Wildman–Crippen LogP) is 2.12. The fraction of sp³-hybridized carbons (Fsp3) is 0.294. The molecule has 26 heavy (non-hydrogen) atoms. The van der Waals surface area contributed by atoms with E-state index in [0.717, 1.165) is 22.8 Å². The third-order valence-corrected chi connectivity index (χ3v) is 5.80. The summed E-state index contributed by atoms with van der Waals surface area (Å²) < 4.78 is 1.49. The molecule has 0 atom stereocenters. The number of rotatable bonds is 5. The van der Waals surface area contributed by atoms with Gasteiger partial charge in [0.1, 0.15) is 0 Å². The molecular weight excluding hydrogens is 372 g/mol. The van der Waals surface area contributed by atoms with E-state index in [9.17, 15) is 14.4 Å². The van der Waals surface area contributed by atoms with Gasteiger partial charge in [0.2, 0.25) is 11.8 Å². The molecule has 0 aliphatic carbocycles. The van der Waals surface area contributed by atoms with Crippen LogP contribution in [-0.2, 0) is 23.1 Å². The normalized spacial score (nSPS) is 12.5. The first-order valence-electron chi connectivity index (χ1n) is 7.97. The number of nitrogens with one attached hydrogen (secondary N) is 2. The molecule has 9 heteroatoms. The predicted molar refractivity (Wildman–Crippen MR) is 104 cm³/mol. The summed E-state index contributed by atoms with van der Waals surface area (Å²) in [5.41, 5.74) is 1.98. The van der Waals surface area contributed by atoms with E-state index >= 15 is 0 Å². The van der Waals surface area contributed by atoms with Gasteiger partial charge in [0, 0.05) is 37.5 Å². The van der Waals surface area contributed by atoms with Gasteiger partial charge in [0.15, 0.2) is 5.16 Å². The number of benzene rings is 1. The highest BCUT2D eigenvalue weighted by molar-refractivity contribution is 8.00. The highest BCUT2D eigenvalue weighted by atomic mass is 32.2. The first-order chi connectivity index (χ1) is 12.4. The second kappa shape index (κ2) is 7.96. The van der Waals surface area contributed by atoms with Gasteiger partial charge in [0.25, 0.3) is 5.56 Å². The van der Waals surface area contributed by atoms with Crippen LogP contribution in [-0.4, -0.2) is 32.9 Å². The van der Waals surface area contributed by atoms with Gasteiger partial charge in [-0.2, -0.15) is 0 Å². The summed E-state index contributed by atoms with van der Waals surface area (Å²) in [4.78, 5) is 40.9. The Morgan fingerprint density at radius 3 is 2.77 bits per heavy atom. The maximum Gasteiger partial charge on any atom is 0.267 e. The Morgan fingerprint density at radius 1 is 1.31 bits per heavy atom. The van der Waals surface area contributed by atoms with Gasteiger partial charge in [-0.15, -0.1) is 11.8 Å². The van der Waals surface area contributed by atoms with Crippen molar-refractivity contribution in [2.45, 2.75) is 23.4 Å². The van der Waals surface area contributed by atoms with Crippen LogP contribution in [0.5, 0.6) is 0 Å². The molecule has 1 aliphatic heterocycles. The van der Waals surface area contributed by atoms with E-state index in [1.807, 2.05) is 0 Å². The lowest BCUT2D eigenvalue weighted by Gasteiger charge is -2.10. The van der Waals surface area contributed by atoms with Crippen molar-refractivity contribution in [2.24, 2.45) is 7.05 Å². The molecule has 0 bridgehead atoms. The lowest BCUT2D eigenvalue weighted by Crippen LogP contribution is -2.23. The van der Waals surface area contributed by atoms with Crippen molar-refractivity contribution in [3.05, 3.63) is 40.3 Å². The minimum absolute atomic E-state index is 0.0524. The van der Waals surface area contributed by atoms with Gasteiger partial charge in [-0.25, -0.2) is 4.98 Å². The van der Waals surface area contributed by atoms with E-state index in [1.54, 1.807) is 31.3 Å². The summed E-state index contributed by atoms with van der Waals surface area (Å²) in [5.74, 6) is 0.623. The molecule has 2 heterocycles. The summed E-state index contributed by atoms with van der Waals surface area (Å²) >= 11 is 2.76. The van der Waals surface area contributed by atoms with Crippen LogP contribution in [0.3, 0.4) is 0 Å². The molecule has 0 fully saturated rings. The van der Waals surface area contributed by atoms with E-state index in [-0.39, 0.29) is 23.1 Å². The van der Waals surface area contributed by atoms with Crippen LogP contribution in [0.15, 0.2) is 39.1 Å². The third kappa shape index (κ3) is 4.28. The lowest BCUT2D eigenvalue weighted by atomic mass is 10.2. The molecule has 0 saturated carbocycles. The van der Waals surface area contributed by atoms with Crippen molar-refractivity contribution in [2.75, 3.05) is 22.1 Å². The first-order valence-corrected chi connectivity index (χ1v) is 9.94. The number of thioether (sulfide) groups is 2. The molecular formula is C17H18N4O3S2. The van der Waals surface area contributed by atoms with E-state index in [1.165, 1.54) is 35.0 Å². The Bertz CT molecular complexity index is 927. The number of fused-ring (bicyclic) bond motifs is 1. The molecule has 0 saturated heterocycles. The molecule has 2 N–H and O–H groups in total. The van der Waals surface area contributed by atoms with Crippen molar-refractivity contribution in [3.63, 3.8) is 0 Å². The maximum atomic E-state index is 12.3. The Morgan fingerprint density at radius 2 is 2.04 bits per heavy atom. The van der Waals surface area contributed by atoms with Crippen LogP contribution in [0.2, 0.25) is 0 Å². The molecule has 0 unspecified atom stereocenters. The molecule has 7 nitrogen and oxygen atoms in total. The summed E-state index contributed by atoms with van der Waals surface area (Å²) in [6.07, 6.45) is 0.784. The van der Waals surface area contributed by atoms with Crippen molar-refractivity contribution in [1.29, 1.82) is 0 Å². The highest BCUT2D eigenvalue weighted by Crippen LogP contribution is 2.28. The second-order valence-electron chi connectivity index (χ2n) is 5.73. The van der Waals surface area contributed by atoms with Crippen molar-refractivity contribution in [1.82, 2.24) is 9.55 Å². The van der Waals surface area contributed by atoms with Gasteiger partial charge < -0.3 is 10.6 Å². The number of hydrogen-bond donors (Lipinski definition) is 2. The number of nitrogens with zero attached hydrogens (tertiary/aromatic N) is 2. The minimum atomic E-state index is -0.209. The zero-order valence-electron chi connectivity index (χ0n) is 14.4. The number of hydrogen-bond acceptors (Lipinski definition) is 6. The largest absolute Gasteiger partial charge is 0.326 e. The van der Waals surface area contributed by atoms with Crippen molar-refractivity contribution < 1.29 is 9.59 Å². The number of carbonyl (C=O) groups is 2. The Hall–Kier alpha value is -2.26. The highest BCUT2D eigenvalue weighted by Gasteiger charge is 2.20. The van der Waals surface area contributed by atoms with Gasteiger partial charge in [0.05, 0.1) is 16.3 Å². The van der Waals surface area contributed by atoms with E-state index < -0.39 is 0 Å². The van der Waals surface area contributed by atoms with E-state index in [2.05, 4.69) is 15.6 Å². The number of aromatic nitrogens is 2.